The van der Waals surface area contributed by atoms with Crippen LogP contribution in [-0.2, 0) is 16.1 Å². The normalized spacial score (nSPS) is 20.4. The van der Waals surface area contributed by atoms with Gasteiger partial charge in [0.05, 0.1) is 19.3 Å². The van der Waals surface area contributed by atoms with E-state index in [1.165, 1.54) is 12.0 Å². The Balaban J connectivity index is 2.10. The summed E-state index contributed by atoms with van der Waals surface area (Å²) in [6, 6.07) is 3.76. The summed E-state index contributed by atoms with van der Waals surface area (Å²) >= 11 is 0. The smallest absolute Gasteiger partial charge is 0.243 e. The fourth-order valence-corrected chi connectivity index (χ4v) is 3.14. The van der Waals surface area contributed by atoms with Gasteiger partial charge in [0.1, 0.15) is 11.8 Å². The lowest BCUT2D eigenvalue weighted by molar-refractivity contribution is -0.141. The Morgan fingerprint density at radius 1 is 1.46 bits per heavy atom. The van der Waals surface area contributed by atoms with Gasteiger partial charge in [0.15, 0.2) is 0 Å². The number of hydrogen-bond donors (Lipinski definition) is 3. The molecule has 1 saturated heterocycles. The van der Waals surface area contributed by atoms with Crippen LogP contribution < -0.4 is 15.8 Å². The summed E-state index contributed by atoms with van der Waals surface area (Å²) in [5, 5.41) is 12.8. The van der Waals surface area contributed by atoms with Crippen molar-refractivity contribution in [2.45, 2.75) is 51.9 Å². The summed E-state index contributed by atoms with van der Waals surface area (Å²) in [6.45, 7) is 5.91. The monoisotopic (exact) mass is 387 g/mol. The number of nitrogens with zero attached hydrogens (tertiary/aromatic N) is 1. The molecule has 0 bridgehead atoms. The zero-order valence-electron chi connectivity index (χ0n) is 16.9. The van der Waals surface area contributed by atoms with Crippen LogP contribution >= 0.6 is 0 Å². The van der Waals surface area contributed by atoms with Crippen LogP contribution in [0.4, 0.5) is 0 Å². The quantitative estimate of drug-likeness (QED) is 0.643. The molecule has 1 aromatic rings. The van der Waals surface area contributed by atoms with E-state index >= 15 is 0 Å². The molecule has 1 aromatic carbocycles. The number of carbonyl (C=O) groups excluding carboxylic acids is 2. The molecule has 0 unspecified atom stereocenters. The minimum absolute atomic E-state index is 0.0981. The van der Waals surface area contributed by atoms with Crippen molar-refractivity contribution in [3.63, 3.8) is 0 Å². The predicted octanol–water partition coefficient (Wildman–Crippen LogP) is 0.628. The molecule has 0 radical (unpaired) electrons. The zero-order valence-corrected chi connectivity index (χ0v) is 16.9. The number of amides is 2. The van der Waals surface area contributed by atoms with E-state index < -0.39 is 23.6 Å². The van der Waals surface area contributed by atoms with Gasteiger partial charge in [0.2, 0.25) is 11.8 Å². The largest absolute Gasteiger partial charge is 0.496 e. The van der Waals surface area contributed by atoms with E-state index in [9.17, 15) is 14.7 Å². The molecule has 7 nitrogen and oxygen atoms in total. The maximum absolute atomic E-state index is 12.8. The average molecular weight is 387 g/mol. The highest BCUT2D eigenvalue weighted by molar-refractivity contribution is 5.90. The highest BCUT2D eigenvalue weighted by Gasteiger charge is 2.42. The number of nitrogens with one attached hydrogen (secondary N) is 1. The number of β-amino-alcohol motifs (C(OH)–C–C–N with tert-alkyl or cyclic N) is 1. The highest BCUT2D eigenvalue weighted by Crippen LogP contribution is 2.25. The fraction of sp³-hybridized carbons (Fsp3) is 0.524. The molecule has 0 aromatic heterocycles. The summed E-state index contributed by atoms with van der Waals surface area (Å²) in [6.07, 6.45) is 4.82. The van der Waals surface area contributed by atoms with E-state index in [0.717, 1.165) is 5.56 Å². The number of terminal acetylenes is 1. The Hall–Kier alpha value is -2.56. The molecule has 7 heteroatoms. The van der Waals surface area contributed by atoms with E-state index in [4.69, 9.17) is 16.9 Å². The number of likely N-dealkylation sites (tertiary alicyclic amines) is 1. The standard InChI is InChI=1S/C21H29N3O4/c1-6-13-7-8-14(17(9-13)28-5)11-23-19(26)16-10-15(25)12-24(16)20(27)18(22)21(2,3)4/h1,7-9,15-16,18,25H,10-12,22H2,2-5H3,(H,23,26)/t15-,16+,18-/m1/s1. The molecule has 1 heterocycles. The van der Waals surface area contributed by atoms with Crippen LogP contribution in [0.15, 0.2) is 18.2 Å². The van der Waals surface area contributed by atoms with E-state index in [-0.39, 0.29) is 31.3 Å². The SMILES string of the molecule is C#Cc1ccc(CNC(=O)[C@@H]2C[C@@H](O)CN2C(=O)[C@@H](N)C(C)(C)C)c(OC)c1. The van der Waals surface area contributed by atoms with Crippen LogP contribution in [0.5, 0.6) is 5.75 Å². The highest BCUT2D eigenvalue weighted by atomic mass is 16.5. The molecule has 152 valence electrons. The first-order valence-electron chi connectivity index (χ1n) is 9.23. The summed E-state index contributed by atoms with van der Waals surface area (Å²) in [5.41, 5.74) is 7.07. The van der Waals surface area contributed by atoms with Crippen molar-refractivity contribution in [3.8, 4) is 18.1 Å². The molecule has 1 aliphatic rings. The van der Waals surface area contributed by atoms with Crippen LogP contribution in [0.2, 0.25) is 0 Å². The second-order valence-corrected chi connectivity index (χ2v) is 8.13. The first kappa shape index (κ1) is 21.7. The summed E-state index contributed by atoms with van der Waals surface area (Å²) in [5.74, 6) is 2.44. The molecular formula is C21H29N3O4. The van der Waals surface area contributed by atoms with Crippen LogP contribution in [0.25, 0.3) is 0 Å². The predicted molar refractivity (Wildman–Crippen MR) is 106 cm³/mol. The molecule has 0 aliphatic carbocycles. The minimum Gasteiger partial charge on any atom is -0.496 e. The number of methoxy groups -OCH3 is 1. The topological polar surface area (TPSA) is 105 Å². The molecule has 2 rings (SSSR count). The number of benzene rings is 1. The lowest BCUT2D eigenvalue weighted by Crippen LogP contribution is -2.54. The maximum Gasteiger partial charge on any atom is 0.243 e. The lowest BCUT2D eigenvalue weighted by atomic mass is 9.86. The van der Waals surface area contributed by atoms with E-state index in [1.54, 1.807) is 18.2 Å². The Kier molecular flexibility index (Phi) is 6.70. The average Bonchev–Trinajstić information content (AvgIpc) is 3.05. The van der Waals surface area contributed by atoms with Gasteiger partial charge in [0.25, 0.3) is 0 Å². The Labute approximate surface area is 166 Å². The molecule has 4 N–H and O–H groups in total. The fourth-order valence-electron chi connectivity index (χ4n) is 3.14. The molecule has 1 fully saturated rings. The minimum atomic E-state index is -0.760. The van der Waals surface area contributed by atoms with Crippen LogP contribution in [0.1, 0.15) is 38.3 Å². The van der Waals surface area contributed by atoms with Gasteiger partial charge in [-0.05, 0) is 17.5 Å². The van der Waals surface area contributed by atoms with Gasteiger partial charge >= 0.3 is 0 Å². The van der Waals surface area contributed by atoms with E-state index in [1.807, 2.05) is 20.8 Å². The molecule has 0 saturated carbocycles. The van der Waals surface area contributed by atoms with Gasteiger partial charge in [-0.3, -0.25) is 9.59 Å². The lowest BCUT2D eigenvalue weighted by Gasteiger charge is -2.32. The van der Waals surface area contributed by atoms with Gasteiger partial charge in [0, 0.05) is 30.6 Å². The zero-order chi connectivity index (χ0) is 21.1. The van der Waals surface area contributed by atoms with Crippen LogP contribution in [-0.4, -0.2) is 53.7 Å². The van der Waals surface area contributed by atoms with Gasteiger partial charge in [-0.1, -0.05) is 32.8 Å². The summed E-state index contributed by atoms with van der Waals surface area (Å²) in [4.78, 5) is 26.9. The molecule has 2 amide bonds. The van der Waals surface area contributed by atoms with Crippen molar-refractivity contribution in [3.05, 3.63) is 29.3 Å². The van der Waals surface area contributed by atoms with Crippen molar-refractivity contribution in [1.29, 1.82) is 0 Å². The molecule has 28 heavy (non-hydrogen) atoms. The van der Waals surface area contributed by atoms with Crippen molar-refractivity contribution in [2.75, 3.05) is 13.7 Å². The number of aliphatic hydroxyl groups is 1. The second kappa shape index (κ2) is 8.63. The number of rotatable bonds is 5. The summed E-state index contributed by atoms with van der Waals surface area (Å²) in [7, 11) is 1.53. The molecule has 1 aliphatic heterocycles. The Bertz CT molecular complexity index is 779. The number of carbonyl (C=O) groups is 2. The van der Waals surface area contributed by atoms with Gasteiger partial charge in [-0.2, -0.15) is 0 Å². The second-order valence-electron chi connectivity index (χ2n) is 8.13. The molecule has 0 spiro atoms. The van der Waals surface area contributed by atoms with Gasteiger partial charge in [-0.15, -0.1) is 6.42 Å². The number of nitrogens with two attached hydrogens (primary N) is 1. The first-order valence-corrected chi connectivity index (χ1v) is 9.23. The Morgan fingerprint density at radius 3 is 2.71 bits per heavy atom. The van der Waals surface area contributed by atoms with Crippen molar-refractivity contribution in [2.24, 2.45) is 11.1 Å². The molecule has 3 atom stereocenters. The maximum atomic E-state index is 12.8. The van der Waals surface area contributed by atoms with Crippen LogP contribution in [0, 0.1) is 17.8 Å². The first-order chi connectivity index (χ1) is 13.1. The van der Waals surface area contributed by atoms with Gasteiger partial charge < -0.3 is 25.8 Å². The number of hydrogen-bond acceptors (Lipinski definition) is 5. The van der Waals surface area contributed by atoms with E-state index in [2.05, 4.69) is 11.2 Å². The third kappa shape index (κ3) is 4.83. The number of aliphatic hydroxyl groups excluding tert-OH is 1. The third-order valence-corrected chi connectivity index (χ3v) is 4.97. The van der Waals surface area contributed by atoms with Gasteiger partial charge in [-0.25, -0.2) is 0 Å². The summed E-state index contributed by atoms with van der Waals surface area (Å²) < 4.78 is 5.32. The van der Waals surface area contributed by atoms with E-state index in [0.29, 0.717) is 11.3 Å². The number of ether oxygens (including phenoxy) is 1. The molecular weight excluding hydrogens is 358 g/mol. The van der Waals surface area contributed by atoms with Crippen LogP contribution in [0.3, 0.4) is 0 Å². The van der Waals surface area contributed by atoms with Crippen molar-refractivity contribution in [1.82, 2.24) is 10.2 Å². The van der Waals surface area contributed by atoms with Crippen molar-refractivity contribution >= 4 is 11.8 Å². The third-order valence-electron chi connectivity index (χ3n) is 4.97. The van der Waals surface area contributed by atoms with Crippen molar-refractivity contribution < 1.29 is 19.4 Å². The Morgan fingerprint density at radius 2 is 2.14 bits per heavy atom.